The summed E-state index contributed by atoms with van der Waals surface area (Å²) in [5, 5.41) is 9.69. The normalized spacial score (nSPS) is 11.9. The molecule has 1 rings (SSSR count). The van der Waals surface area contributed by atoms with Crippen LogP contribution in [0, 0.1) is 0 Å². The summed E-state index contributed by atoms with van der Waals surface area (Å²) in [6.07, 6.45) is 2.75. The Hall–Kier alpha value is -1.58. The summed E-state index contributed by atoms with van der Waals surface area (Å²) in [5.41, 5.74) is 1.74. The van der Waals surface area contributed by atoms with Crippen LogP contribution in [0.5, 0.6) is 0 Å². The van der Waals surface area contributed by atoms with E-state index in [9.17, 15) is 4.79 Å². The number of anilines is 1. The molecular formula is C12H19N3O. The predicted molar refractivity (Wildman–Crippen MR) is 65.4 cm³/mol. The second kappa shape index (κ2) is 5.49. The minimum atomic E-state index is -0.0938. The maximum absolute atomic E-state index is 11.6. The zero-order valence-electron chi connectivity index (χ0n) is 10.3. The standard InChI is InChI=1S/C12H19N3O/c1-5-6-9(4)12(16)13-11-7-10(8(2)3)14-15-11/h6-8H,5H2,1-4H3,(H2,13,14,15,16)/b9-6-. The predicted octanol–water partition coefficient (Wildman–Crippen LogP) is 2.83. The molecule has 88 valence electrons. The summed E-state index contributed by atoms with van der Waals surface area (Å²) in [7, 11) is 0. The second-order valence-corrected chi connectivity index (χ2v) is 4.11. The van der Waals surface area contributed by atoms with Gasteiger partial charge < -0.3 is 5.32 Å². The topological polar surface area (TPSA) is 57.8 Å². The highest BCUT2D eigenvalue weighted by Gasteiger charge is 2.08. The lowest BCUT2D eigenvalue weighted by Gasteiger charge is -2.01. The number of rotatable bonds is 4. The number of hydrogen-bond donors (Lipinski definition) is 2. The Balaban J connectivity index is 2.66. The Bertz CT molecular complexity index is 391. The van der Waals surface area contributed by atoms with Crippen molar-refractivity contribution in [2.75, 3.05) is 5.32 Å². The fourth-order valence-electron chi connectivity index (χ4n) is 1.31. The molecule has 4 heteroatoms. The molecule has 1 aromatic rings. The van der Waals surface area contributed by atoms with Crippen LogP contribution >= 0.6 is 0 Å². The van der Waals surface area contributed by atoms with E-state index in [2.05, 4.69) is 29.4 Å². The fraction of sp³-hybridized carbons (Fsp3) is 0.500. The molecule has 0 aliphatic carbocycles. The number of nitrogens with zero attached hydrogens (tertiary/aromatic N) is 1. The molecule has 0 aliphatic heterocycles. The van der Waals surface area contributed by atoms with Crippen molar-refractivity contribution in [3.05, 3.63) is 23.4 Å². The quantitative estimate of drug-likeness (QED) is 0.768. The molecular weight excluding hydrogens is 202 g/mol. The van der Waals surface area contributed by atoms with Gasteiger partial charge in [-0.25, -0.2) is 0 Å². The molecule has 1 aromatic heterocycles. The molecule has 0 radical (unpaired) electrons. The highest BCUT2D eigenvalue weighted by atomic mass is 16.1. The van der Waals surface area contributed by atoms with Crippen molar-refractivity contribution >= 4 is 11.7 Å². The van der Waals surface area contributed by atoms with E-state index in [0.717, 1.165) is 17.7 Å². The molecule has 0 fully saturated rings. The van der Waals surface area contributed by atoms with Gasteiger partial charge in [0.2, 0.25) is 0 Å². The largest absolute Gasteiger partial charge is 0.305 e. The Morgan fingerprint density at radius 1 is 1.62 bits per heavy atom. The smallest absolute Gasteiger partial charge is 0.252 e. The van der Waals surface area contributed by atoms with Gasteiger partial charge in [0.05, 0.1) is 0 Å². The summed E-state index contributed by atoms with van der Waals surface area (Å²) < 4.78 is 0. The monoisotopic (exact) mass is 221 g/mol. The minimum absolute atomic E-state index is 0.0938. The van der Waals surface area contributed by atoms with Gasteiger partial charge in [0.1, 0.15) is 0 Å². The van der Waals surface area contributed by atoms with Gasteiger partial charge in [0, 0.05) is 17.3 Å². The maximum atomic E-state index is 11.6. The van der Waals surface area contributed by atoms with E-state index in [4.69, 9.17) is 0 Å². The van der Waals surface area contributed by atoms with E-state index in [1.54, 1.807) is 6.92 Å². The first-order valence-electron chi connectivity index (χ1n) is 5.58. The number of carbonyl (C=O) groups is 1. The molecule has 0 aliphatic rings. The van der Waals surface area contributed by atoms with Crippen LogP contribution in [0.25, 0.3) is 0 Å². The van der Waals surface area contributed by atoms with Crippen molar-refractivity contribution in [3.8, 4) is 0 Å². The Labute approximate surface area is 96.1 Å². The number of H-pyrrole nitrogens is 1. The molecule has 0 unspecified atom stereocenters. The molecule has 1 heterocycles. The zero-order chi connectivity index (χ0) is 12.1. The zero-order valence-corrected chi connectivity index (χ0v) is 10.3. The minimum Gasteiger partial charge on any atom is -0.305 e. The van der Waals surface area contributed by atoms with Crippen LogP contribution in [0.4, 0.5) is 5.82 Å². The first kappa shape index (κ1) is 12.5. The maximum Gasteiger partial charge on any atom is 0.252 e. The van der Waals surface area contributed by atoms with Crippen LogP contribution in [-0.2, 0) is 4.79 Å². The third-order valence-corrected chi connectivity index (χ3v) is 2.33. The highest BCUT2D eigenvalue weighted by molar-refractivity contribution is 6.02. The summed E-state index contributed by atoms with van der Waals surface area (Å²) in [6, 6.07) is 1.86. The van der Waals surface area contributed by atoms with Gasteiger partial charge in [-0.05, 0) is 19.3 Å². The number of allylic oxidation sites excluding steroid dienone is 1. The van der Waals surface area contributed by atoms with Gasteiger partial charge in [0.15, 0.2) is 5.82 Å². The molecule has 0 saturated carbocycles. The molecule has 0 spiro atoms. The van der Waals surface area contributed by atoms with Crippen molar-refractivity contribution < 1.29 is 4.79 Å². The van der Waals surface area contributed by atoms with Crippen molar-refractivity contribution in [2.24, 2.45) is 0 Å². The SMILES string of the molecule is CC/C=C(/C)C(=O)Nc1cc(C(C)C)[nH]n1. The van der Waals surface area contributed by atoms with E-state index in [1.165, 1.54) is 0 Å². The second-order valence-electron chi connectivity index (χ2n) is 4.11. The summed E-state index contributed by atoms with van der Waals surface area (Å²) in [5.74, 6) is 0.867. The van der Waals surface area contributed by atoms with Crippen LogP contribution in [0.2, 0.25) is 0 Å². The van der Waals surface area contributed by atoms with E-state index in [1.807, 2.05) is 19.1 Å². The van der Waals surface area contributed by atoms with E-state index < -0.39 is 0 Å². The van der Waals surface area contributed by atoms with Gasteiger partial charge in [-0.1, -0.05) is 26.8 Å². The molecule has 16 heavy (non-hydrogen) atoms. The Morgan fingerprint density at radius 3 is 2.81 bits per heavy atom. The summed E-state index contributed by atoms with van der Waals surface area (Å²) in [4.78, 5) is 11.6. The number of carbonyl (C=O) groups excluding carboxylic acids is 1. The van der Waals surface area contributed by atoms with E-state index in [-0.39, 0.29) is 5.91 Å². The number of amides is 1. The van der Waals surface area contributed by atoms with Gasteiger partial charge in [-0.15, -0.1) is 0 Å². The molecule has 2 N–H and O–H groups in total. The molecule has 4 nitrogen and oxygen atoms in total. The molecule has 0 bridgehead atoms. The average molecular weight is 221 g/mol. The fourth-order valence-corrected chi connectivity index (χ4v) is 1.31. The van der Waals surface area contributed by atoms with Gasteiger partial charge in [0.25, 0.3) is 5.91 Å². The van der Waals surface area contributed by atoms with Gasteiger partial charge >= 0.3 is 0 Å². The van der Waals surface area contributed by atoms with Crippen LogP contribution < -0.4 is 5.32 Å². The van der Waals surface area contributed by atoms with Crippen LogP contribution in [0.1, 0.15) is 45.7 Å². The Kier molecular flexibility index (Phi) is 4.28. The molecule has 0 atom stereocenters. The van der Waals surface area contributed by atoms with Crippen LogP contribution in [-0.4, -0.2) is 16.1 Å². The lowest BCUT2D eigenvalue weighted by atomic mass is 10.1. The Morgan fingerprint density at radius 2 is 2.31 bits per heavy atom. The summed E-state index contributed by atoms with van der Waals surface area (Å²) in [6.45, 7) is 7.94. The number of aromatic nitrogens is 2. The average Bonchev–Trinajstić information content (AvgIpc) is 2.66. The van der Waals surface area contributed by atoms with Crippen LogP contribution in [0.3, 0.4) is 0 Å². The highest BCUT2D eigenvalue weighted by Crippen LogP contribution is 2.15. The van der Waals surface area contributed by atoms with E-state index >= 15 is 0 Å². The van der Waals surface area contributed by atoms with Gasteiger partial charge in [-0.2, -0.15) is 5.10 Å². The first-order chi connectivity index (χ1) is 7.54. The first-order valence-corrected chi connectivity index (χ1v) is 5.58. The van der Waals surface area contributed by atoms with Crippen molar-refractivity contribution in [1.29, 1.82) is 0 Å². The van der Waals surface area contributed by atoms with E-state index in [0.29, 0.717) is 11.7 Å². The molecule has 0 aromatic carbocycles. The lowest BCUT2D eigenvalue weighted by molar-refractivity contribution is -0.112. The number of nitrogens with one attached hydrogen (secondary N) is 2. The third kappa shape index (κ3) is 3.22. The lowest BCUT2D eigenvalue weighted by Crippen LogP contribution is -2.12. The van der Waals surface area contributed by atoms with Crippen molar-refractivity contribution in [3.63, 3.8) is 0 Å². The molecule has 0 saturated heterocycles. The van der Waals surface area contributed by atoms with Crippen molar-refractivity contribution in [1.82, 2.24) is 10.2 Å². The van der Waals surface area contributed by atoms with Crippen LogP contribution in [0.15, 0.2) is 17.7 Å². The number of aromatic amines is 1. The van der Waals surface area contributed by atoms with Gasteiger partial charge in [-0.3, -0.25) is 9.89 Å². The summed E-state index contributed by atoms with van der Waals surface area (Å²) >= 11 is 0. The van der Waals surface area contributed by atoms with Crippen molar-refractivity contribution in [2.45, 2.75) is 40.0 Å². The third-order valence-electron chi connectivity index (χ3n) is 2.33. The molecule has 1 amide bonds. The number of hydrogen-bond acceptors (Lipinski definition) is 2.